The molecule has 3 aliphatic rings. The highest BCUT2D eigenvalue weighted by molar-refractivity contribution is 5.91. The van der Waals surface area contributed by atoms with Crippen molar-refractivity contribution >= 4 is 22.6 Å². The van der Waals surface area contributed by atoms with Crippen molar-refractivity contribution in [1.29, 1.82) is 0 Å². The molecule has 0 saturated carbocycles. The SMILES string of the molecule is C=C/C(=C\C=C/C)c1ccc(N(c2ccc(-c3ccccc3)cc2)c2ccc3c(c2)C(C)(C)c2cc4c(cc2-3)C(C)(C)c2cc(C3C=CC=CC3)ccc2-4)cc1. The van der Waals surface area contributed by atoms with Gasteiger partial charge in [0.1, 0.15) is 0 Å². The lowest BCUT2D eigenvalue weighted by Crippen LogP contribution is -2.17. The van der Waals surface area contributed by atoms with Crippen LogP contribution in [0.3, 0.4) is 0 Å². The van der Waals surface area contributed by atoms with Crippen molar-refractivity contribution in [3.8, 4) is 33.4 Å². The molecule has 0 aliphatic heterocycles. The number of fused-ring (bicyclic) bond motifs is 6. The van der Waals surface area contributed by atoms with Gasteiger partial charge in [0.25, 0.3) is 0 Å². The van der Waals surface area contributed by atoms with Gasteiger partial charge < -0.3 is 4.90 Å². The van der Waals surface area contributed by atoms with E-state index in [4.69, 9.17) is 0 Å². The number of anilines is 3. The van der Waals surface area contributed by atoms with Crippen molar-refractivity contribution in [2.45, 2.75) is 57.8 Å². The van der Waals surface area contributed by atoms with Crippen molar-refractivity contribution in [2.75, 3.05) is 4.90 Å². The van der Waals surface area contributed by atoms with Gasteiger partial charge in [0, 0.05) is 33.8 Å². The van der Waals surface area contributed by atoms with E-state index in [0.29, 0.717) is 5.92 Å². The normalized spacial score (nSPS) is 17.0. The monoisotopic (exact) mass is 723 g/mol. The van der Waals surface area contributed by atoms with Crippen LogP contribution < -0.4 is 4.90 Å². The van der Waals surface area contributed by atoms with Crippen molar-refractivity contribution in [3.63, 3.8) is 0 Å². The lowest BCUT2D eigenvalue weighted by molar-refractivity contribution is 0.651. The third-order valence-electron chi connectivity index (χ3n) is 12.5. The molecule has 0 fully saturated rings. The predicted octanol–water partition coefficient (Wildman–Crippen LogP) is 15.2. The Morgan fingerprint density at radius 1 is 0.607 bits per heavy atom. The molecule has 274 valence electrons. The Bertz CT molecular complexity index is 2610. The summed E-state index contributed by atoms with van der Waals surface area (Å²) in [7, 11) is 0. The molecule has 3 aliphatic carbocycles. The Labute approximate surface area is 333 Å². The van der Waals surface area contributed by atoms with Gasteiger partial charge in [0.15, 0.2) is 0 Å². The molecular formula is C55H49N. The van der Waals surface area contributed by atoms with Crippen LogP contribution in [0.2, 0.25) is 0 Å². The molecule has 6 aromatic carbocycles. The molecule has 1 heteroatoms. The van der Waals surface area contributed by atoms with E-state index < -0.39 is 0 Å². The van der Waals surface area contributed by atoms with E-state index >= 15 is 0 Å². The molecule has 1 atom stereocenters. The fourth-order valence-corrected chi connectivity index (χ4v) is 9.33. The van der Waals surface area contributed by atoms with Crippen LogP contribution in [0.4, 0.5) is 17.1 Å². The maximum absolute atomic E-state index is 4.08. The molecule has 0 amide bonds. The number of allylic oxidation sites excluding steroid dienone is 9. The van der Waals surface area contributed by atoms with Gasteiger partial charge in [-0.25, -0.2) is 0 Å². The van der Waals surface area contributed by atoms with Crippen molar-refractivity contribution in [1.82, 2.24) is 0 Å². The summed E-state index contributed by atoms with van der Waals surface area (Å²) < 4.78 is 0. The number of rotatable bonds is 8. The molecule has 6 aromatic rings. The zero-order valence-electron chi connectivity index (χ0n) is 33.2. The lowest BCUT2D eigenvalue weighted by atomic mass is 9.78. The van der Waals surface area contributed by atoms with E-state index in [1.54, 1.807) is 0 Å². The zero-order valence-corrected chi connectivity index (χ0v) is 33.2. The maximum atomic E-state index is 4.08. The summed E-state index contributed by atoms with van der Waals surface area (Å²) in [5, 5.41) is 0. The van der Waals surface area contributed by atoms with Crippen LogP contribution in [0.15, 0.2) is 183 Å². The Kier molecular flexibility index (Phi) is 8.78. The van der Waals surface area contributed by atoms with Gasteiger partial charge in [-0.15, -0.1) is 0 Å². The standard InChI is InChI=1S/C55H49N/c1-7-9-16-37(8-2)40-21-26-43(27-22-40)56(44-28-23-41(24-29-44)38-17-12-10-13-18-38)45-30-32-47-49-36-52-48(35-53(49)55(5,6)51(47)34-45)46-31-25-42(33-50(46)54(52,3)4)39-19-14-11-15-20-39/h7-19,21-36,39H,2,20H2,1,3-6H3/b9-7-,37-16+. The number of nitrogens with zero attached hydrogens (tertiary/aromatic N) is 1. The molecule has 1 nitrogen and oxygen atoms in total. The second-order valence-corrected chi connectivity index (χ2v) is 16.5. The van der Waals surface area contributed by atoms with E-state index in [1.807, 2.05) is 19.1 Å². The fourth-order valence-electron chi connectivity index (χ4n) is 9.33. The Balaban J connectivity index is 1.12. The molecule has 0 spiro atoms. The third kappa shape index (κ3) is 5.85. The number of hydrogen-bond donors (Lipinski definition) is 0. The van der Waals surface area contributed by atoms with Crippen LogP contribution in [-0.4, -0.2) is 0 Å². The summed E-state index contributed by atoms with van der Waals surface area (Å²) >= 11 is 0. The van der Waals surface area contributed by atoms with E-state index in [2.05, 4.69) is 203 Å². The first kappa shape index (κ1) is 35.5. The van der Waals surface area contributed by atoms with Crippen LogP contribution in [0, 0.1) is 0 Å². The van der Waals surface area contributed by atoms with Gasteiger partial charge in [-0.1, -0.05) is 162 Å². The Morgan fingerprint density at radius 3 is 1.79 bits per heavy atom. The highest BCUT2D eigenvalue weighted by atomic mass is 15.1. The maximum Gasteiger partial charge on any atom is 0.0465 e. The highest BCUT2D eigenvalue weighted by Gasteiger charge is 2.42. The minimum atomic E-state index is -0.176. The molecule has 0 saturated heterocycles. The van der Waals surface area contributed by atoms with E-state index in [-0.39, 0.29) is 10.8 Å². The first-order valence-corrected chi connectivity index (χ1v) is 20.0. The van der Waals surface area contributed by atoms with Gasteiger partial charge in [0.2, 0.25) is 0 Å². The van der Waals surface area contributed by atoms with Crippen LogP contribution in [0.1, 0.15) is 80.3 Å². The molecule has 56 heavy (non-hydrogen) atoms. The van der Waals surface area contributed by atoms with Gasteiger partial charge >= 0.3 is 0 Å². The summed E-state index contributed by atoms with van der Waals surface area (Å²) in [5.41, 5.74) is 20.3. The summed E-state index contributed by atoms with van der Waals surface area (Å²) in [6, 6.07) is 47.9. The first-order valence-electron chi connectivity index (χ1n) is 20.0. The van der Waals surface area contributed by atoms with Crippen LogP contribution in [-0.2, 0) is 10.8 Å². The zero-order chi connectivity index (χ0) is 38.6. The topological polar surface area (TPSA) is 3.24 Å². The molecule has 0 radical (unpaired) electrons. The minimum absolute atomic E-state index is 0.0842. The Morgan fingerprint density at radius 2 is 1.18 bits per heavy atom. The summed E-state index contributed by atoms with van der Waals surface area (Å²) in [6.45, 7) is 15.8. The summed E-state index contributed by atoms with van der Waals surface area (Å²) in [4.78, 5) is 2.40. The van der Waals surface area contributed by atoms with E-state index in [1.165, 1.54) is 61.2 Å². The third-order valence-corrected chi connectivity index (χ3v) is 12.5. The molecule has 0 N–H and O–H groups in total. The molecule has 0 aromatic heterocycles. The number of benzene rings is 6. The first-order chi connectivity index (χ1) is 27.2. The molecular weight excluding hydrogens is 675 g/mol. The number of hydrogen-bond acceptors (Lipinski definition) is 1. The second kappa shape index (κ2) is 13.8. The lowest BCUT2D eigenvalue weighted by Gasteiger charge is -2.28. The molecule has 0 heterocycles. The fraction of sp³-hybridized carbons (Fsp3) is 0.164. The van der Waals surface area contributed by atoms with Crippen LogP contribution in [0.25, 0.3) is 39.0 Å². The van der Waals surface area contributed by atoms with Crippen LogP contribution >= 0.6 is 0 Å². The summed E-state index contributed by atoms with van der Waals surface area (Å²) in [6.07, 6.45) is 18.2. The highest BCUT2D eigenvalue weighted by Crippen LogP contribution is 2.57. The van der Waals surface area contributed by atoms with E-state index in [0.717, 1.165) is 34.6 Å². The molecule has 1 unspecified atom stereocenters. The summed E-state index contributed by atoms with van der Waals surface area (Å²) in [5.74, 6) is 0.443. The molecule has 0 bridgehead atoms. The Hall–Kier alpha value is -6.18. The largest absolute Gasteiger partial charge is 0.310 e. The average molecular weight is 724 g/mol. The van der Waals surface area contributed by atoms with Crippen molar-refractivity contribution in [2.24, 2.45) is 0 Å². The van der Waals surface area contributed by atoms with Crippen LogP contribution in [0.5, 0.6) is 0 Å². The van der Waals surface area contributed by atoms with Crippen molar-refractivity contribution in [3.05, 3.63) is 216 Å². The smallest absolute Gasteiger partial charge is 0.0465 e. The second-order valence-electron chi connectivity index (χ2n) is 16.5. The van der Waals surface area contributed by atoms with Gasteiger partial charge in [0.05, 0.1) is 0 Å². The van der Waals surface area contributed by atoms with E-state index in [9.17, 15) is 0 Å². The van der Waals surface area contributed by atoms with Gasteiger partial charge in [-0.3, -0.25) is 0 Å². The van der Waals surface area contributed by atoms with Gasteiger partial charge in [-0.2, -0.15) is 0 Å². The van der Waals surface area contributed by atoms with Gasteiger partial charge in [-0.05, 0) is 134 Å². The minimum Gasteiger partial charge on any atom is -0.310 e. The quantitative estimate of drug-likeness (QED) is 0.141. The van der Waals surface area contributed by atoms with Crippen molar-refractivity contribution < 1.29 is 0 Å². The molecule has 9 rings (SSSR count). The predicted molar refractivity (Wildman–Crippen MR) is 240 cm³/mol. The average Bonchev–Trinajstić information content (AvgIpc) is 3.60.